The first kappa shape index (κ1) is 23.3. The van der Waals surface area contributed by atoms with Crippen molar-refractivity contribution in [3.8, 4) is 5.88 Å². The third kappa shape index (κ3) is 4.33. The molecule has 4 nitrogen and oxygen atoms in total. The molecule has 2 unspecified atom stereocenters. The molecule has 0 radical (unpaired) electrons. The van der Waals surface area contributed by atoms with E-state index in [1.807, 2.05) is 12.1 Å². The van der Waals surface area contributed by atoms with Crippen LogP contribution in [0.5, 0.6) is 5.88 Å². The van der Waals surface area contributed by atoms with Gasteiger partial charge in [-0.1, -0.05) is 58.4 Å². The van der Waals surface area contributed by atoms with Gasteiger partial charge < -0.3 is 14.7 Å². The third-order valence-corrected chi connectivity index (χ3v) is 7.60. The van der Waals surface area contributed by atoms with E-state index in [2.05, 4.69) is 89.5 Å². The van der Waals surface area contributed by atoms with Gasteiger partial charge in [0.2, 0.25) is 5.88 Å². The second-order valence-corrected chi connectivity index (χ2v) is 10.7. The summed E-state index contributed by atoms with van der Waals surface area (Å²) in [6.07, 6.45) is 2.81. The van der Waals surface area contributed by atoms with E-state index in [0.717, 1.165) is 56.7 Å². The van der Waals surface area contributed by atoms with E-state index in [1.54, 1.807) is 7.11 Å². The molecular formula is C29H31BrN2O2. The average molecular weight is 519 g/mol. The molecule has 1 heterocycles. The van der Waals surface area contributed by atoms with E-state index in [0.29, 0.717) is 18.2 Å². The molecule has 1 aromatic heterocycles. The molecule has 2 atom stereocenters. The molecule has 5 heteroatoms. The Bertz CT molecular complexity index is 1330. The molecule has 0 amide bonds. The van der Waals surface area contributed by atoms with Crippen LogP contribution in [0.2, 0.25) is 0 Å². The molecule has 34 heavy (non-hydrogen) atoms. The molecule has 176 valence electrons. The van der Waals surface area contributed by atoms with Crippen molar-refractivity contribution in [3.05, 3.63) is 82.3 Å². The van der Waals surface area contributed by atoms with Crippen LogP contribution in [0.15, 0.2) is 71.2 Å². The lowest BCUT2D eigenvalue weighted by Crippen LogP contribution is -2.38. The van der Waals surface area contributed by atoms with Crippen LogP contribution in [-0.2, 0) is 5.60 Å². The van der Waals surface area contributed by atoms with Crippen molar-refractivity contribution in [2.45, 2.75) is 30.8 Å². The molecule has 0 spiro atoms. The van der Waals surface area contributed by atoms with Crippen LogP contribution in [0.4, 0.5) is 0 Å². The second kappa shape index (κ2) is 9.29. The highest BCUT2D eigenvalue weighted by Gasteiger charge is 2.49. The monoisotopic (exact) mass is 518 g/mol. The average Bonchev–Trinajstić information content (AvgIpc) is 3.67. The van der Waals surface area contributed by atoms with Gasteiger partial charge in [0.1, 0.15) is 0 Å². The van der Waals surface area contributed by atoms with Gasteiger partial charge in [0.25, 0.3) is 0 Å². The molecule has 1 fully saturated rings. The fraction of sp³-hybridized carbons (Fsp3) is 0.345. The molecule has 1 aliphatic carbocycles. The van der Waals surface area contributed by atoms with Crippen LogP contribution in [-0.4, -0.2) is 42.7 Å². The molecule has 1 aliphatic rings. The molecule has 5 rings (SSSR count). The number of ether oxygens (including phenoxy) is 1. The normalized spacial score (nSPS) is 16.6. The standard InChI is InChI=1S/C29H31BrN2O2/c1-32(2)16-15-29(33,25-10-6-8-19-7-4-5-9-23(19)25)27(20-11-12-20)24-18-21-17-22(30)13-14-26(21)31-28(24)34-3/h4-10,13-14,17-18,20,27,33H,11-12,15-16H2,1-3H3. The van der Waals surface area contributed by atoms with Crippen LogP contribution in [0, 0.1) is 5.92 Å². The quantitative estimate of drug-likeness (QED) is 0.289. The molecule has 0 aliphatic heterocycles. The van der Waals surface area contributed by atoms with Crippen molar-refractivity contribution in [2.24, 2.45) is 5.92 Å². The number of pyridine rings is 1. The van der Waals surface area contributed by atoms with Crippen LogP contribution in [0.3, 0.4) is 0 Å². The lowest BCUT2D eigenvalue weighted by molar-refractivity contribution is -0.0135. The SMILES string of the molecule is COc1nc2ccc(Br)cc2cc1C(C1CC1)C(O)(CCN(C)C)c1cccc2ccccc12. The molecule has 0 saturated heterocycles. The second-order valence-electron chi connectivity index (χ2n) is 9.74. The molecule has 3 aromatic carbocycles. The number of fused-ring (bicyclic) bond motifs is 2. The minimum Gasteiger partial charge on any atom is -0.481 e. The summed E-state index contributed by atoms with van der Waals surface area (Å²) < 4.78 is 6.85. The maximum Gasteiger partial charge on any atom is 0.217 e. The number of aliphatic hydroxyl groups is 1. The summed E-state index contributed by atoms with van der Waals surface area (Å²) in [7, 11) is 5.80. The third-order valence-electron chi connectivity index (χ3n) is 7.10. The molecule has 1 saturated carbocycles. The van der Waals surface area contributed by atoms with Crippen molar-refractivity contribution in [1.29, 1.82) is 0 Å². The van der Waals surface area contributed by atoms with Crippen LogP contribution < -0.4 is 4.74 Å². The Morgan fingerprint density at radius 1 is 1.06 bits per heavy atom. The topological polar surface area (TPSA) is 45.6 Å². The predicted octanol–water partition coefficient (Wildman–Crippen LogP) is 6.49. The number of hydrogen-bond donors (Lipinski definition) is 1. The van der Waals surface area contributed by atoms with E-state index in [1.165, 1.54) is 0 Å². The Labute approximate surface area is 209 Å². The van der Waals surface area contributed by atoms with Crippen molar-refractivity contribution in [2.75, 3.05) is 27.7 Å². The number of hydrogen-bond acceptors (Lipinski definition) is 4. The maximum absolute atomic E-state index is 12.8. The summed E-state index contributed by atoms with van der Waals surface area (Å²) in [6.45, 7) is 0.776. The first-order valence-corrected chi connectivity index (χ1v) is 12.7. The van der Waals surface area contributed by atoms with Crippen molar-refractivity contribution >= 4 is 37.6 Å². The van der Waals surface area contributed by atoms with Crippen LogP contribution in [0.1, 0.15) is 36.3 Å². The number of aromatic nitrogens is 1. The summed E-state index contributed by atoms with van der Waals surface area (Å²) in [6, 6.07) is 22.9. The van der Waals surface area contributed by atoms with Gasteiger partial charge in [-0.3, -0.25) is 0 Å². The van der Waals surface area contributed by atoms with Gasteiger partial charge in [-0.25, -0.2) is 4.98 Å². The van der Waals surface area contributed by atoms with Crippen LogP contribution >= 0.6 is 15.9 Å². The van der Waals surface area contributed by atoms with Gasteiger partial charge in [0.15, 0.2) is 0 Å². The Morgan fingerprint density at radius 2 is 1.82 bits per heavy atom. The highest BCUT2D eigenvalue weighted by Crippen LogP contribution is 2.56. The van der Waals surface area contributed by atoms with Gasteiger partial charge in [0.05, 0.1) is 18.2 Å². The number of rotatable bonds is 8. The van der Waals surface area contributed by atoms with Crippen molar-refractivity contribution < 1.29 is 9.84 Å². The Kier molecular flexibility index (Phi) is 6.36. The molecular weight excluding hydrogens is 488 g/mol. The first-order chi connectivity index (χ1) is 16.4. The highest BCUT2D eigenvalue weighted by molar-refractivity contribution is 9.10. The lowest BCUT2D eigenvalue weighted by Gasteiger charge is -2.39. The predicted molar refractivity (Wildman–Crippen MR) is 142 cm³/mol. The fourth-order valence-electron chi connectivity index (χ4n) is 5.32. The number of halogens is 1. The zero-order valence-electron chi connectivity index (χ0n) is 20.0. The summed E-state index contributed by atoms with van der Waals surface area (Å²) in [5.74, 6) is 0.866. The summed E-state index contributed by atoms with van der Waals surface area (Å²) in [4.78, 5) is 7.01. The van der Waals surface area contributed by atoms with Crippen molar-refractivity contribution in [1.82, 2.24) is 9.88 Å². The van der Waals surface area contributed by atoms with Crippen molar-refractivity contribution in [3.63, 3.8) is 0 Å². The van der Waals surface area contributed by atoms with Gasteiger partial charge in [-0.15, -0.1) is 0 Å². The summed E-state index contributed by atoms with van der Waals surface area (Å²) in [5, 5.41) is 16.1. The van der Waals surface area contributed by atoms with Crippen LogP contribution in [0.25, 0.3) is 21.7 Å². The smallest absolute Gasteiger partial charge is 0.217 e. The zero-order valence-corrected chi connectivity index (χ0v) is 21.5. The van der Waals surface area contributed by atoms with E-state index in [9.17, 15) is 5.11 Å². The van der Waals surface area contributed by atoms with E-state index in [4.69, 9.17) is 9.72 Å². The number of benzene rings is 3. The first-order valence-electron chi connectivity index (χ1n) is 11.9. The largest absolute Gasteiger partial charge is 0.481 e. The molecule has 4 aromatic rings. The summed E-state index contributed by atoms with van der Waals surface area (Å²) >= 11 is 3.60. The van der Waals surface area contributed by atoms with E-state index in [-0.39, 0.29) is 5.92 Å². The molecule has 1 N–H and O–H groups in total. The Balaban J connectivity index is 1.75. The van der Waals surface area contributed by atoms with E-state index >= 15 is 0 Å². The molecule has 0 bridgehead atoms. The minimum absolute atomic E-state index is 0.121. The summed E-state index contributed by atoms with van der Waals surface area (Å²) in [5.41, 5.74) is 1.80. The lowest BCUT2D eigenvalue weighted by atomic mass is 9.71. The minimum atomic E-state index is -1.07. The van der Waals surface area contributed by atoms with E-state index < -0.39 is 5.60 Å². The van der Waals surface area contributed by atoms with Gasteiger partial charge in [0, 0.05) is 27.9 Å². The Morgan fingerprint density at radius 3 is 2.56 bits per heavy atom. The van der Waals surface area contributed by atoms with Gasteiger partial charge in [-0.05, 0) is 79.9 Å². The number of methoxy groups -OCH3 is 1. The van der Waals surface area contributed by atoms with Gasteiger partial charge in [-0.2, -0.15) is 0 Å². The fourth-order valence-corrected chi connectivity index (χ4v) is 5.70. The number of nitrogens with zero attached hydrogens (tertiary/aromatic N) is 2. The van der Waals surface area contributed by atoms with Gasteiger partial charge >= 0.3 is 0 Å². The highest BCUT2D eigenvalue weighted by atomic mass is 79.9. The maximum atomic E-state index is 12.8. The zero-order chi connectivity index (χ0) is 23.9. The Hall–Kier alpha value is -2.47.